The average Bonchev–Trinajstić information content (AvgIpc) is 3.36. The van der Waals surface area contributed by atoms with Crippen molar-refractivity contribution in [3.8, 4) is 56.2 Å². The first-order chi connectivity index (χ1) is 23.1. The molecule has 0 spiro atoms. The molecule has 1 aliphatic carbocycles. The van der Waals surface area contributed by atoms with Crippen LogP contribution < -0.4 is 0 Å². The third kappa shape index (κ3) is 4.40. The molecule has 222 valence electrons. The molecule has 0 bridgehead atoms. The fourth-order valence-electron chi connectivity index (χ4n) is 7.51. The Kier molecular flexibility index (Phi) is 6.20. The molecule has 0 N–H and O–H groups in total. The second kappa shape index (κ2) is 10.6. The van der Waals surface area contributed by atoms with Crippen molar-refractivity contribution in [1.29, 1.82) is 0 Å². The van der Waals surface area contributed by atoms with E-state index in [1.807, 2.05) is 12.1 Å². The van der Waals surface area contributed by atoms with E-state index in [4.69, 9.17) is 9.97 Å². The average molecular weight is 601 g/mol. The zero-order valence-corrected chi connectivity index (χ0v) is 26.4. The predicted octanol–water partition coefficient (Wildman–Crippen LogP) is 11.8. The summed E-state index contributed by atoms with van der Waals surface area (Å²) in [4.78, 5) is 10.7. The van der Waals surface area contributed by atoms with Gasteiger partial charge in [-0.15, -0.1) is 0 Å². The molecule has 1 aliphatic rings. The Balaban J connectivity index is 1.36. The van der Waals surface area contributed by atoms with Crippen molar-refractivity contribution in [3.05, 3.63) is 169 Å². The minimum absolute atomic E-state index is 0.133. The zero-order valence-electron chi connectivity index (χ0n) is 26.4. The molecule has 1 heterocycles. The second-order valence-corrected chi connectivity index (χ2v) is 13.0. The van der Waals surface area contributed by atoms with Crippen LogP contribution in [0.25, 0.3) is 77.7 Å². The first kappa shape index (κ1) is 27.5. The van der Waals surface area contributed by atoms with Crippen LogP contribution in [-0.2, 0) is 5.41 Å². The highest BCUT2D eigenvalue weighted by Gasteiger charge is 2.37. The fourth-order valence-corrected chi connectivity index (χ4v) is 7.51. The largest absolute Gasteiger partial charge is 0.228 e. The number of hydrogen-bond acceptors (Lipinski definition) is 2. The lowest BCUT2D eigenvalue weighted by Crippen LogP contribution is -2.14. The van der Waals surface area contributed by atoms with Gasteiger partial charge in [0.2, 0.25) is 0 Å². The predicted molar refractivity (Wildman–Crippen MR) is 196 cm³/mol. The summed E-state index contributed by atoms with van der Waals surface area (Å²) in [5, 5.41) is 4.85. The Labute approximate surface area is 275 Å². The van der Waals surface area contributed by atoms with Crippen LogP contribution in [0.1, 0.15) is 25.0 Å². The number of nitrogens with zero attached hydrogens (tertiary/aromatic N) is 2. The monoisotopic (exact) mass is 600 g/mol. The highest BCUT2D eigenvalue weighted by molar-refractivity contribution is 6.07. The van der Waals surface area contributed by atoms with Crippen molar-refractivity contribution in [2.75, 3.05) is 0 Å². The van der Waals surface area contributed by atoms with Crippen molar-refractivity contribution in [1.82, 2.24) is 9.97 Å². The van der Waals surface area contributed by atoms with E-state index in [0.29, 0.717) is 0 Å². The van der Waals surface area contributed by atoms with Crippen LogP contribution in [-0.4, -0.2) is 9.97 Å². The molecule has 2 heteroatoms. The van der Waals surface area contributed by atoms with Gasteiger partial charge < -0.3 is 0 Å². The van der Waals surface area contributed by atoms with Crippen LogP contribution in [0.3, 0.4) is 0 Å². The highest BCUT2D eigenvalue weighted by atomic mass is 14.9. The van der Waals surface area contributed by atoms with Crippen LogP contribution in [0, 0.1) is 0 Å². The lowest BCUT2D eigenvalue weighted by Gasteiger charge is -2.22. The van der Waals surface area contributed by atoms with Gasteiger partial charge in [0.05, 0.1) is 11.4 Å². The van der Waals surface area contributed by atoms with Crippen molar-refractivity contribution < 1.29 is 0 Å². The molecular weight excluding hydrogens is 569 g/mol. The van der Waals surface area contributed by atoms with Crippen LogP contribution in [0.4, 0.5) is 0 Å². The molecule has 47 heavy (non-hydrogen) atoms. The topological polar surface area (TPSA) is 25.8 Å². The molecule has 0 saturated carbocycles. The molecule has 1 aromatic heterocycles. The molecule has 2 nitrogen and oxygen atoms in total. The summed E-state index contributed by atoms with van der Waals surface area (Å²) in [6.07, 6.45) is 0. The molecule has 0 fully saturated rings. The first-order valence-electron chi connectivity index (χ1n) is 16.3. The molecule has 7 aromatic carbocycles. The molecule has 9 rings (SSSR count). The van der Waals surface area contributed by atoms with Crippen LogP contribution in [0.5, 0.6) is 0 Å². The third-order valence-electron chi connectivity index (χ3n) is 9.87. The summed E-state index contributed by atoms with van der Waals surface area (Å²) in [7, 11) is 0. The Hall–Kier alpha value is -5.86. The maximum absolute atomic E-state index is 5.33. The maximum atomic E-state index is 5.33. The van der Waals surface area contributed by atoms with Gasteiger partial charge in [-0.25, -0.2) is 9.97 Å². The summed E-state index contributed by atoms with van der Waals surface area (Å²) in [5.74, 6) is 0.727. The summed E-state index contributed by atoms with van der Waals surface area (Å²) in [6.45, 7) is 4.71. The second-order valence-electron chi connectivity index (χ2n) is 13.0. The van der Waals surface area contributed by atoms with E-state index in [2.05, 4.69) is 159 Å². The Morgan fingerprint density at radius 2 is 0.979 bits per heavy atom. The molecule has 0 unspecified atom stereocenters. The molecule has 0 saturated heterocycles. The normalized spacial score (nSPS) is 13.1. The molecular formula is C45H32N2. The Morgan fingerprint density at radius 1 is 0.404 bits per heavy atom. The van der Waals surface area contributed by atoms with Gasteiger partial charge in [-0.3, -0.25) is 0 Å². The highest BCUT2D eigenvalue weighted by Crippen LogP contribution is 2.54. The molecule has 0 radical (unpaired) electrons. The smallest absolute Gasteiger partial charge is 0.161 e. The minimum atomic E-state index is -0.133. The van der Waals surface area contributed by atoms with Gasteiger partial charge in [0.1, 0.15) is 0 Å². The van der Waals surface area contributed by atoms with E-state index in [9.17, 15) is 0 Å². The van der Waals surface area contributed by atoms with Gasteiger partial charge in [0.25, 0.3) is 0 Å². The summed E-state index contributed by atoms with van der Waals surface area (Å²) in [5.41, 5.74) is 12.6. The number of hydrogen-bond donors (Lipinski definition) is 0. The Bertz CT molecular complexity index is 2420. The van der Waals surface area contributed by atoms with Crippen LogP contribution in [0.2, 0.25) is 0 Å². The first-order valence-corrected chi connectivity index (χ1v) is 16.3. The zero-order chi connectivity index (χ0) is 31.5. The van der Waals surface area contributed by atoms with Gasteiger partial charge in [0.15, 0.2) is 5.82 Å². The molecule has 0 amide bonds. The van der Waals surface area contributed by atoms with Gasteiger partial charge in [-0.1, -0.05) is 153 Å². The summed E-state index contributed by atoms with van der Waals surface area (Å²) < 4.78 is 0. The van der Waals surface area contributed by atoms with Gasteiger partial charge in [-0.2, -0.15) is 0 Å². The fraction of sp³-hybridized carbons (Fsp3) is 0.0667. The SMILES string of the molecule is CC1(C)c2cc3ccccc3cc2-c2c(-c3ccc4ccccc4c3-c3nc(-c4ccccc4)cc(-c4ccccc4)n3)cccc21. The Morgan fingerprint density at radius 3 is 1.66 bits per heavy atom. The van der Waals surface area contributed by atoms with E-state index in [1.54, 1.807) is 0 Å². The van der Waals surface area contributed by atoms with Crippen molar-refractivity contribution in [3.63, 3.8) is 0 Å². The third-order valence-corrected chi connectivity index (χ3v) is 9.87. The van der Waals surface area contributed by atoms with E-state index < -0.39 is 0 Å². The van der Waals surface area contributed by atoms with Crippen LogP contribution >= 0.6 is 0 Å². The number of aromatic nitrogens is 2. The molecule has 0 aliphatic heterocycles. The van der Waals surface area contributed by atoms with Gasteiger partial charge in [-0.05, 0) is 73.1 Å². The van der Waals surface area contributed by atoms with Crippen molar-refractivity contribution in [2.24, 2.45) is 0 Å². The van der Waals surface area contributed by atoms with Crippen LogP contribution in [0.15, 0.2) is 158 Å². The number of fused-ring (bicyclic) bond motifs is 5. The van der Waals surface area contributed by atoms with E-state index in [1.165, 1.54) is 44.0 Å². The summed E-state index contributed by atoms with van der Waals surface area (Å²) >= 11 is 0. The van der Waals surface area contributed by atoms with E-state index >= 15 is 0 Å². The standard InChI is InChI=1S/C45H32N2/c1-45(2)38-23-13-22-35(42(38)37-26-32-19-9-10-20-33(32)27-39(37)45)36-25-24-29-14-11-12-21-34(29)43(36)44-46-40(30-15-5-3-6-16-30)28-41(47-44)31-17-7-4-8-18-31/h3-28H,1-2H3. The minimum Gasteiger partial charge on any atom is -0.228 e. The van der Waals surface area contributed by atoms with Gasteiger partial charge in [0, 0.05) is 22.1 Å². The maximum Gasteiger partial charge on any atom is 0.161 e. The summed E-state index contributed by atoms with van der Waals surface area (Å²) in [6, 6.07) is 56.4. The lowest BCUT2D eigenvalue weighted by molar-refractivity contribution is 0.661. The number of rotatable bonds is 4. The van der Waals surface area contributed by atoms with Crippen molar-refractivity contribution >= 4 is 21.5 Å². The lowest BCUT2D eigenvalue weighted by atomic mass is 9.81. The molecule has 0 atom stereocenters. The van der Waals surface area contributed by atoms with E-state index in [-0.39, 0.29) is 5.41 Å². The van der Waals surface area contributed by atoms with Gasteiger partial charge >= 0.3 is 0 Å². The molecule has 8 aromatic rings. The van der Waals surface area contributed by atoms with E-state index in [0.717, 1.165) is 44.9 Å². The van der Waals surface area contributed by atoms with Crippen molar-refractivity contribution in [2.45, 2.75) is 19.3 Å². The number of benzene rings is 7. The quantitative estimate of drug-likeness (QED) is 0.201.